The molecule has 0 radical (unpaired) electrons. The first kappa shape index (κ1) is 44.6. The van der Waals surface area contributed by atoms with Crippen LogP contribution in [0.2, 0.25) is 0 Å². The highest BCUT2D eigenvalue weighted by Gasteiger charge is 2.42. The summed E-state index contributed by atoms with van der Waals surface area (Å²) >= 11 is 0. The fraction of sp³-hybridized carbons (Fsp3) is 0.500. The van der Waals surface area contributed by atoms with Gasteiger partial charge in [0.1, 0.15) is 23.9 Å². The van der Waals surface area contributed by atoms with E-state index in [4.69, 9.17) is 23.9 Å². The third-order valence-electron chi connectivity index (χ3n) is 13.5. The van der Waals surface area contributed by atoms with Gasteiger partial charge in [0.05, 0.1) is 38.2 Å². The molecular weight excluding hydrogens is 819 g/mol. The molecule has 64 heavy (non-hydrogen) atoms. The lowest BCUT2D eigenvalue weighted by atomic mass is 9.90. The van der Waals surface area contributed by atoms with Gasteiger partial charge in [-0.2, -0.15) is 0 Å². The minimum Gasteiger partial charge on any atom is -0.453 e. The molecule has 5 atom stereocenters. The first-order chi connectivity index (χ1) is 31.1. The first-order valence-corrected chi connectivity index (χ1v) is 22.6. The lowest BCUT2D eigenvalue weighted by molar-refractivity contribution is -0.141. The SMILES string of the molecule is COC(=O)N[C@H](C(=O)N1CCC[C@H]1C(=O)N[C@@H](C)c1ccc(-c2ccc3cc(-c4cnc([C@@H]5CCCN5C(=O)[C@@H](NC(=O)OC)C5CCOCC5)[nH]4)ccc3c2)cc1)C1CCOCC1. The normalized spacial score (nSPS) is 20.9. The molecule has 0 unspecified atom stereocenters. The van der Waals surface area contributed by atoms with E-state index in [-0.39, 0.29) is 41.6 Å². The van der Waals surface area contributed by atoms with Crippen LogP contribution < -0.4 is 16.0 Å². The predicted octanol–water partition coefficient (Wildman–Crippen LogP) is 6.03. The number of hydrogen-bond donors (Lipinski definition) is 4. The number of rotatable bonds is 12. The van der Waals surface area contributed by atoms with Crippen molar-refractivity contribution >= 4 is 40.7 Å². The van der Waals surface area contributed by atoms with Gasteiger partial charge in [-0.25, -0.2) is 14.6 Å². The van der Waals surface area contributed by atoms with Crippen LogP contribution in [-0.2, 0) is 33.3 Å². The van der Waals surface area contributed by atoms with Crippen molar-refractivity contribution in [1.29, 1.82) is 0 Å². The van der Waals surface area contributed by atoms with Gasteiger partial charge in [0.25, 0.3) is 0 Å². The van der Waals surface area contributed by atoms with E-state index in [0.29, 0.717) is 78.0 Å². The standard InChI is InChI=1S/C48H59N7O9/c1-29(50-44(56)40-7-5-21-55(40)46(58)42(53-48(60)62-3)33-18-24-64-25-19-33)30-8-10-31(11-9-30)34-12-13-36-27-37(15-14-35(36)26-34)38-28-49-43(51-38)39-6-4-20-54(39)45(57)41(52-47(59)61-2)32-16-22-63-23-17-32/h8-15,26-29,32-33,39-42H,4-7,16-25H2,1-3H3,(H,49,51)(H,50,56)(H,52,59)(H,53,60)/t29-,39-,40-,41-,42-/m0/s1. The van der Waals surface area contributed by atoms with E-state index in [2.05, 4.69) is 69.5 Å². The second-order valence-corrected chi connectivity index (χ2v) is 17.3. The van der Waals surface area contributed by atoms with Crippen molar-refractivity contribution in [2.75, 3.05) is 53.7 Å². The number of imidazole rings is 1. The molecule has 4 aromatic rings. The quantitative estimate of drug-likeness (QED) is 0.131. The molecule has 5 heterocycles. The van der Waals surface area contributed by atoms with Gasteiger partial charge in [0.15, 0.2) is 0 Å². The van der Waals surface area contributed by atoms with Crippen LogP contribution in [0.25, 0.3) is 33.2 Å². The third kappa shape index (κ3) is 9.87. The zero-order valence-corrected chi connectivity index (χ0v) is 36.8. The number of fused-ring (bicyclic) bond motifs is 1. The van der Waals surface area contributed by atoms with Crippen LogP contribution in [-0.4, -0.2) is 122 Å². The van der Waals surface area contributed by atoms with Gasteiger partial charge in [-0.3, -0.25) is 14.4 Å². The predicted molar refractivity (Wildman–Crippen MR) is 238 cm³/mol. The highest BCUT2D eigenvalue weighted by Crippen LogP contribution is 2.35. The van der Waals surface area contributed by atoms with Crippen LogP contribution >= 0.6 is 0 Å². The second kappa shape index (κ2) is 20.2. The molecule has 16 nitrogen and oxygen atoms in total. The Hall–Kier alpha value is -6.00. The summed E-state index contributed by atoms with van der Waals surface area (Å²) in [7, 11) is 2.58. The highest BCUT2D eigenvalue weighted by atomic mass is 16.5. The summed E-state index contributed by atoms with van der Waals surface area (Å²) in [5.74, 6) is -0.0184. The van der Waals surface area contributed by atoms with Gasteiger partial charge in [-0.1, -0.05) is 48.5 Å². The molecule has 4 aliphatic heterocycles. The largest absolute Gasteiger partial charge is 0.453 e. The number of aromatic nitrogens is 2. The van der Waals surface area contributed by atoms with Gasteiger partial charge >= 0.3 is 12.2 Å². The van der Waals surface area contributed by atoms with Gasteiger partial charge in [-0.05, 0) is 110 Å². The summed E-state index contributed by atoms with van der Waals surface area (Å²) < 4.78 is 20.7. The van der Waals surface area contributed by atoms with Crippen molar-refractivity contribution in [3.05, 3.63) is 78.2 Å². The molecule has 4 saturated heterocycles. The average Bonchev–Trinajstić information content (AvgIpc) is 4.15. The van der Waals surface area contributed by atoms with Crippen LogP contribution in [0, 0.1) is 11.8 Å². The van der Waals surface area contributed by atoms with E-state index in [0.717, 1.165) is 57.4 Å². The van der Waals surface area contributed by atoms with Crippen LogP contribution in [0.4, 0.5) is 9.59 Å². The van der Waals surface area contributed by atoms with Crippen molar-refractivity contribution in [2.45, 2.75) is 88.5 Å². The number of nitrogens with zero attached hydrogens (tertiary/aromatic N) is 3. The highest BCUT2D eigenvalue weighted by molar-refractivity contribution is 5.93. The number of ether oxygens (including phenoxy) is 4. The van der Waals surface area contributed by atoms with E-state index < -0.39 is 30.3 Å². The van der Waals surface area contributed by atoms with Crippen LogP contribution in [0.3, 0.4) is 0 Å². The van der Waals surface area contributed by atoms with E-state index in [1.54, 1.807) is 4.90 Å². The number of methoxy groups -OCH3 is 2. The smallest absolute Gasteiger partial charge is 0.407 e. The number of amides is 5. The Morgan fingerprint density at radius 2 is 1.20 bits per heavy atom. The Balaban J connectivity index is 0.900. The Morgan fingerprint density at radius 3 is 1.81 bits per heavy atom. The lowest BCUT2D eigenvalue weighted by Gasteiger charge is -2.34. The number of aromatic amines is 1. The third-order valence-corrected chi connectivity index (χ3v) is 13.5. The summed E-state index contributed by atoms with van der Waals surface area (Å²) in [6.45, 7) is 5.10. The number of benzene rings is 3. The van der Waals surface area contributed by atoms with Gasteiger partial charge in [0.2, 0.25) is 17.7 Å². The van der Waals surface area contributed by atoms with Crippen molar-refractivity contribution in [3.63, 3.8) is 0 Å². The lowest BCUT2D eigenvalue weighted by Crippen LogP contribution is -2.56. The molecule has 0 bridgehead atoms. The minimum absolute atomic E-state index is 0.0361. The molecule has 0 aliphatic carbocycles. The fourth-order valence-electron chi connectivity index (χ4n) is 9.81. The van der Waals surface area contributed by atoms with E-state index in [1.807, 2.05) is 30.2 Å². The molecule has 5 amide bonds. The van der Waals surface area contributed by atoms with Crippen molar-refractivity contribution in [1.82, 2.24) is 35.7 Å². The van der Waals surface area contributed by atoms with E-state index in [1.165, 1.54) is 14.2 Å². The number of nitrogens with one attached hydrogen (secondary N) is 4. The molecule has 340 valence electrons. The molecule has 16 heteroatoms. The minimum atomic E-state index is -0.786. The molecule has 8 rings (SSSR count). The van der Waals surface area contributed by atoms with Crippen molar-refractivity contribution in [3.8, 4) is 22.4 Å². The summed E-state index contributed by atoms with van der Waals surface area (Å²) in [6.07, 6.45) is 6.02. The Kier molecular flexibility index (Phi) is 14.1. The molecule has 4 N–H and O–H groups in total. The van der Waals surface area contributed by atoms with Gasteiger partial charge in [0, 0.05) is 45.1 Å². The van der Waals surface area contributed by atoms with E-state index in [9.17, 15) is 24.0 Å². The monoisotopic (exact) mass is 877 g/mol. The summed E-state index contributed by atoms with van der Waals surface area (Å²) in [5, 5.41) is 10.8. The second-order valence-electron chi connectivity index (χ2n) is 17.3. The Morgan fingerprint density at radius 1 is 0.672 bits per heavy atom. The van der Waals surface area contributed by atoms with Crippen LogP contribution in [0.5, 0.6) is 0 Å². The molecule has 0 saturated carbocycles. The maximum Gasteiger partial charge on any atom is 0.407 e. The maximum absolute atomic E-state index is 14.0. The molecule has 1 aromatic heterocycles. The summed E-state index contributed by atoms with van der Waals surface area (Å²) in [6, 6.07) is 18.1. The number of likely N-dealkylation sites (tertiary alicyclic amines) is 2. The van der Waals surface area contributed by atoms with Crippen LogP contribution in [0.1, 0.15) is 81.8 Å². The zero-order valence-electron chi connectivity index (χ0n) is 36.8. The topological polar surface area (TPSA) is 194 Å². The number of carbonyl (C=O) groups is 5. The average molecular weight is 878 g/mol. The molecule has 3 aromatic carbocycles. The Labute approximate surface area is 373 Å². The molecular formula is C48H59N7O9. The van der Waals surface area contributed by atoms with Gasteiger partial charge in [-0.15, -0.1) is 0 Å². The maximum atomic E-state index is 14.0. The molecule has 4 aliphatic rings. The van der Waals surface area contributed by atoms with E-state index >= 15 is 0 Å². The summed E-state index contributed by atoms with van der Waals surface area (Å²) in [4.78, 5) is 77.8. The number of carbonyl (C=O) groups excluding carboxylic acids is 5. The fourth-order valence-corrected chi connectivity index (χ4v) is 9.81. The van der Waals surface area contributed by atoms with Crippen LogP contribution in [0.15, 0.2) is 66.9 Å². The first-order valence-electron chi connectivity index (χ1n) is 22.6. The zero-order chi connectivity index (χ0) is 44.7. The summed E-state index contributed by atoms with van der Waals surface area (Å²) in [5.41, 5.74) is 4.86. The number of hydrogen-bond acceptors (Lipinski definition) is 10. The van der Waals surface area contributed by atoms with Crippen molar-refractivity contribution < 1.29 is 42.9 Å². The van der Waals surface area contributed by atoms with Gasteiger partial charge < -0.3 is 49.7 Å². The number of alkyl carbamates (subject to hydrolysis) is 2. The molecule has 4 fully saturated rings. The molecule has 0 spiro atoms. The number of H-pyrrole nitrogens is 1. The Bertz CT molecular complexity index is 2310. The van der Waals surface area contributed by atoms with Crippen molar-refractivity contribution in [2.24, 2.45) is 11.8 Å².